The van der Waals surface area contributed by atoms with Crippen molar-refractivity contribution in [1.29, 1.82) is 0 Å². The third-order valence-electron chi connectivity index (χ3n) is 7.87. The van der Waals surface area contributed by atoms with Gasteiger partial charge < -0.3 is 9.64 Å². The smallest absolute Gasteiger partial charge is 0.416 e. The third-order valence-corrected chi connectivity index (χ3v) is 7.87. The zero-order valence-corrected chi connectivity index (χ0v) is 20.5. The lowest BCUT2D eigenvalue weighted by Crippen LogP contribution is -2.30. The first-order valence-electron chi connectivity index (χ1n) is 13.0. The Morgan fingerprint density at radius 3 is 2.42 bits per heavy atom. The van der Waals surface area contributed by atoms with Gasteiger partial charge in [-0.1, -0.05) is 18.2 Å². The molecule has 0 bridgehead atoms. The van der Waals surface area contributed by atoms with Crippen LogP contribution in [0.15, 0.2) is 30.5 Å². The minimum absolute atomic E-state index is 0.0802. The summed E-state index contributed by atoms with van der Waals surface area (Å²) in [6.07, 6.45) is 2.83. The van der Waals surface area contributed by atoms with Crippen molar-refractivity contribution in [2.24, 2.45) is 5.92 Å². The first-order valence-corrected chi connectivity index (χ1v) is 13.0. The number of carbonyl (C=O) groups excluding carboxylic acids is 2. The van der Waals surface area contributed by atoms with Crippen LogP contribution in [0.5, 0.6) is 0 Å². The second kappa shape index (κ2) is 9.90. The summed E-state index contributed by atoms with van der Waals surface area (Å²) in [6, 6.07) is 5.81. The van der Waals surface area contributed by atoms with E-state index in [-0.39, 0.29) is 41.9 Å². The molecular formula is C27H32F3N3O3. The Balaban J connectivity index is 1.31. The molecule has 1 atom stereocenters. The van der Waals surface area contributed by atoms with Gasteiger partial charge >= 0.3 is 12.1 Å². The monoisotopic (exact) mass is 503 g/mol. The number of esters is 1. The zero-order chi connectivity index (χ0) is 25.4. The summed E-state index contributed by atoms with van der Waals surface area (Å²) in [5.74, 6) is -0.410. The summed E-state index contributed by atoms with van der Waals surface area (Å²) >= 11 is 0. The fourth-order valence-corrected chi connectivity index (χ4v) is 5.89. The van der Waals surface area contributed by atoms with Gasteiger partial charge in [0.25, 0.3) is 5.91 Å². The lowest BCUT2D eigenvalue weighted by molar-refractivity contribution is -0.149. The summed E-state index contributed by atoms with van der Waals surface area (Å²) in [6.45, 7) is 2.89. The summed E-state index contributed by atoms with van der Waals surface area (Å²) in [4.78, 5) is 27.4. The minimum atomic E-state index is -4.42. The predicted molar refractivity (Wildman–Crippen MR) is 127 cm³/mol. The van der Waals surface area contributed by atoms with Crippen molar-refractivity contribution in [3.63, 3.8) is 0 Å². The standard InChI is InChI=1S/C27H32F3N3O3/c1-2-36-26(35)18-9-11-20(12-10-18)33-24(17-7-8-17)22(15-31-33)25(34)32-14-13-19(16-32)21-5-3-4-6-23(21)27(28,29)30/h3-6,15,17-20H,2,7-14,16H2,1H3/t18-,19-,20-/m1/s1. The molecule has 1 amide bonds. The SMILES string of the molecule is CCOC(=O)[C@H]1CC[C@H](n2ncc(C(=O)N3CC[C@@H](c4ccccc4C(F)(F)F)C3)c2C2CC2)CC1. The van der Waals surface area contributed by atoms with Crippen LogP contribution in [0.4, 0.5) is 13.2 Å². The molecule has 2 aromatic rings. The highest BCUT2D eigenvalue weighted by Crippen LogP contribution is 2.45. The van der Waals surface area contributed by atoms with Gasteiger partial charge in [-0.2, -0.15) is 18.3 Å². The second-order valence-electron chi connectivity index (χ2n) is 10.2. The Hall–Kier alpha value is -2.84. The molecule has 1 aromatic carbocycles. The van der Waals surface area contributed by atoms with E-state index in [0.717, 1.165) is 50.3 Å². The summed E-state index contributed by atoms with van der Waals surface area (Å²) in [5, 5.41) is 4.63. The lowest BCUT2D eigenvalue weighted by atomic mass is 9.86. The van der Waals surface area contributed by atoms with Gasteiger partial charge in [-0.25, -0.2) is 0 Å². The Morgan fingerprint density at radius 1 is 1.03 bits per heavy atom. The number of rotatable bonds is 6. The Bertz CT molecular complexity index is 1120. The molecular weight excluding hydrogens is 471 g/mol. The molecule has 6 nitrogen and oxygen atoms in total. The maximum atomic E-state index is 13.6. The van der Waals surface area contributed by atoms with E-state index in [4.69, 9.17) is 4.74 Å². The molecule has 1 saturated heterocycles. The van der Waals surface area contributed by atoms with Gasteiger partial charge in [-0.3, -0.25) is 14.3 Å². The Kier molecular flexibility index (Phi) is 6.83. The van der Waals surface area contributed by atoms with Crippen molar-refractivity contribution >= 4 is 11.9 Å². The summed E-state index contributed by atoms with van der Waals surface area (Å²) in [7, 11) is 0. The molecule has 9 heteroatoms. The van der Waals surface area contributed by atoms with Crippen molar-refractivity contribution in [2.75, 3.05) is 19.7 Å². The molecule has 1 aromatic heterocycles. The van der Waals surface area contributed by atoms with Crippen LogP contribution in [0, 0.1) is 5.92 Å². The van der Waals surface area contributed by atoms with Crippen LogP contribution in [-0.2, 0) is 15.7 Å². The van der Waals surface area contributed by atoms with E-state index in [2.05, 4.69) is 5.10 Å². The van der Waals surface area contributed by atoms with Gasteiger partial charge in [0.05, 0.1) is 41.6 Å². The van der Waals surface area contributed by atoms with Crippen molar-refractivity contribution in [2.45, 2.75) is 75.9 Å². The number of amides is 1. The van der Waals surface area contributed by atoms with E-state index in [1.165, 1.54) is 12.1 Å². The third kappa shape index (κ3) is 4.89. The van der Waals surface area contributed by atoms with E-state index in [1.54, 1.807) is 17.2 Å². The van der Waals surface area contributed by atoms with E-state index in [0.29, 0.717) is 31.1 Å². The van der Waals surface area contributed by atoms with Gasteiger partial charge in [0, 0.05) is 24.9 Å². The average Bonchev–Trinajstić information content (AvgIpc) is 3.41. The Morgan fingerprint density at radius 2 is 1.75 bits per heavy atom. The maximum Gasteiger partial charge on any atom is 0.416 e. The molecule has 194 valence electrons. The van der Waals surface area contributed by atoms with E-state index < -0.39 is 11.7 Å². The van der Waals surface area contributed by atoms with Gasteiger partial charge in [0.2, 0.25) is 0 Å². The first kappa shape index (κ1) is 24.8. The van der Waals surface area contributed by atoms with Crippen LogP contribution in [0.2, 0.25) is 0 Å². The highest BCUT2D eigenvalue weighted by Gasteiger charge is 2.40. The highest BCUT2D eigenvalue weighted by molar-refractivity contribution is 5.95. The first-order chi connectivity index (χ1) is 17.3. The molecule has 2 heterocycles. The predicted octanol–water partition coefficient (Wildman–Crippen LogP) is 5.70. The molecule has 3 aliphatic rings. The van der Waals surface area contributed by atoms with Crippen molar-refractivity contribution < 1.29 is 27.5 Å². The number of ether oxygens (including phenoxy) is 1. The van der Waals surface area contributed by atoms with Crippen LogP contribution < -0.4 is 0 Å². The van der Waals surface area contributed by atoms with Crippen molar-refractivity contribution in [3.05, 3.63) is 52.8 Å². The van der Waals surface area contributed by atoms with Gasteiger partial charge in [-0.15, -0.1) is 0 Å². The number of likely N-dealkylation sites (tertiary alicyclic amines) is 1. The van der Waals surface area contributed by atoms with Crippen LogP contribution in [0.25, 0.3) is 0 Å². The quantitative estimate of drug-likeness (QED) is 0.474. The number of hydrogen-bond acceptors (Lipinski definition) is 4. The zero-order valence-electron chi connectivity index (χ0n) is 20.5. The number of aromatic nitrogens is 2. The summed E-state index contributed by atoms with van der Waals surface area (Å²) < 4.78 is 47.8. The second-order valence-corrected chi connectivity index (χ2v) is 10.2. The maximum absolute atomic E-state index is 13.6. The highest BCUT2D eigenvalue weighted by atomic mass is 19.4. The number of benzene rings is 1. The van der Waals surface area contributed by atoms with Crippen LogP contribution in [0.1, 0.15) is 96.9 Å². The largest absolute Gasteiger partial charge is 0.466 e. The molecule has 5 rings (SSSR count). The van der Waals surface area contributed by atoms with E-state index in [9.17, 15) is 22.8 Å². The van der Waals surface area contributed by atoms with Gasteiger partial charge in [-0.05, 0) is 63.5 Å². The fourth-order valence-electron chi connectivity index (χ4n) is 5.89. The van der Waals surface area contributed by atoms with Gasteiger partial charge in [0.1, 0.15) is 0 Å². The number of nitrogens with zero attached hydrogens (tertiary/aromatic N) is 3. The van der Waals surface area contributed by atoms with Crippen LogP contribution >= 0.6 is 0 Å². The number of halogens is 3. The molecule has 2 aliphatic carbocycles. The molecule has 36 heavy (non-hydrogen) atoms. The molecule has 3 fully saturated rings. The molecule has 0 unspecified atom stereocenters. The fraction of sp³-hybridized carbons (Fsp3) is 0.593. The molecule has 0 radical (unpaired) electrons. The van der Waals surface area contributed by atoms with Gasteiger partial charge in [0.15, 0.2) is 0 Å². The summed E-state index contributed by atoms with van der Waals surface area (Å²) in [5.41, 5.74) is 1.18. The molecule has 0 N–H and O–H groups in total. The Labute approximate surface area is 208 Å². The average molecular weight is 504 g/mol. The molecule has 2 saturated carbocycles. The number of carbonyl (C=O) groups is 2. The number of alkyl halides is 3. The number of hydrogen-bond donors (Lipinski definition) is 0. The molecule has 1 aliphatic heterocycles. The van der Waals surface area contributed by atoms with Crippen LogP contribution in [0.3, 0.4) is 0 Å². The van der Waals surface area contributed by atoms with Crippen molar-refractivity contribution in [1.82, 2.24) is 14.7 Å². The normalized spacial score (nSPS) is 24.7. The molecule has 0 spiro atoms. The minimum Gasteiger partial charge on any atom is -0.466 e. The van der Waals surface area contributed by atoms with Crippen molar-refractivity contribution in [3.8, 4) is 0 Å². The lowest BCUT2D eigenvalue weighted by Gasteiger charge is -2.29. The van der Waals surface area contributed by atoms with E-state index in [1.807, 2.05) is 11.6 Å². The van der Waals surface area contributed by atoms with E-state index >= 15 is 0 Å². The van der Waals surface area contributed by atoms with Crippen LogP contribution in [-0.4, -0.2) is 46.3 Å². The topological polar surface area (TPSA) is 64.4 Å².